The first-order valence-corrected chi connectivity index (χ1v) is 2.91. The van der Waals surface area contributed by atoms with Crippen LogP contribution in [0.25, 0.3) is 0 Å². The number of nitrogens with zero attached hydrogens (tertiary/aromatic N) is 2. The molecule has 0 amide bonds. The zero-order valence-corrected chi connectivity index (χ0v) is 5.81. The average Bonchev–Trinajstić information content (AvgIpc) is 1.94. The van der Waals surface area contributed by atoms with Crippen molar-refractivity contribution in [2.45, 2.75) is 0 Å². The summed E-state index contributed by atoms with van der Waals surface area (Å²) in [5.74, 6) is -0.541. The summed E-state index contributed by atoms with van der Waals surface area (Å²) in [6.07, 6.45) is 1.36. The normalized spacial score (nSPS) is 9.45. The molecule has 0 bridgehead atoms. The van der Waals surface area contributed by atoms with Crippen molar-refractivity contribution in [1.82, 2.24) is 4.98 Å². The van der Waals surface area contributed by atoms with Crippen LogP contribution in [0.3, 0.4) is 0 Å². The van der Waals surface area contributed by atoms with Crippen LogP contribution in [-0.4, -0.2) is 22.9 Å². The Morgan fingerprint density at radius 1 is 1.73 bits per heavy atom. The fourth-order valence-corrected chi connectivity index (χ4v) is 0.681. The highest BCUT2D eigenvalue weighted by Crippen LogP contribution is 2.19. The van der Waals surface area contributed by atoms with Crippen LogP contribution in [0.5, 0.6) is 5.88 Å². The van der Waals surface area contributed by atoms with Crippen molar-refractivity contribution < 1.29 is 10.0 Å². The van der Waals surface area contributed by atoms with Crippen molar-refractivity contribution in [2.24, 2.45) is 0 Å². The minimum Gasteiger partial charge on any atom is -0.488 e. The van der Waals surface area contributed by atoms with Crippen molar-refractivity contribution in [3.05, 3.63) is 22.4 Å². The Morgan fingerprint density at radius 3 is 2.82 bits per heavy atom. The Kier molecular flexibility index (Phi) is 1.76. The average molecular weight is 152 g/mol. The molecule has 0 saturated carbocycles. The van der Waals surface area contributed by atoms with E-state index in [1.807, 2.05) is 0 Å². The number of rotatable bonds is 1. The van der Waals surface area contributed by atoms with Gasteiger partial charge in [-0.3, -0.25) is 10.1 Å². The van der Waals surface area contributed by atoms with Gasteiger partial charge in [0.1, 0.15) is 7.85 Å². The first-order valence-electron chi connectivity index (χ1n) is 2.91. The maximum absolute atomic E-state index is 10.2. The second-order valence-corrected chi connectivity index (χ2v) is 2.11. The fourth-order valence-electron chi connectivity index (χ4n) is 0.681. The van der Waals surface area contributed by atoms with Gasteiger partial charge >= 0.3 is 5.69 Å². The maximum atomic E-state index is 10.2. The van der Waals surface area contributed by atoms with E-state index in [1.54, 1.807) is 7.85 Å². The topological polar surface area (TPSA) is 76.3 Å². The summed E-state index contributed by atoms with van der Waals surface area (Å²) in [6.45, 7) is 0. The molecule has 1 aromatic rings. The summed E-state index contributed by atoms with van der Waals surface area (Å²) in [5, 5.41) is 19.0. The molecule has 1 aromatic heterocycles. The van der Waals surface area contributed by atoms with Crippen LogP contribution in [0.15, 0.2) is 12.3 Å². The third-order valence-electron chi connectivity index (χ3n) is 1.18. The Labute approximate surface area is 63.3 Å². The molecule has 11 heavy (non-hydrogen) atoms. The minimum absolute atomic E-state index is 0.356. The molecule has 5 nitrogen and oxygen atoms in total. The number of aromatic hydroxyl groups is 1. The van der Waals surface area contributed by atoms with E-state index >= 15 is 0 Å². The molecule has 0 aliphatic rings. The molecule has 0 atom stereocenters. The van der Waals surface area contributed by atoms with Crippen molar-refractivity contribution in [3.8, 4) is 5.88 Å². The lowest BCUT2D eigenvalue weighted by molar-refractivity contribution is -0.386. The smallest absolute Gasteiger partial charge is 0.330 e. The van der Waals surface area contributed by atoms with E-state index in [-0.39, 0.29) is 5.69 Å². The molecule has 0 saturated heterocycles. The number of aromatic nitrogens is 1. The Bertz CT molecular complexity index is 302. The maximum Gasteiger partial charge on any atom is 0.330 e. The zero-order chi connectivity index (χ0) is 8.43. The van der Waals surface area contributed by atoms with Crippen molar-refractivity contribution in [2.75, 3.05) is 0 Å². The predicted molar refractivity (Wildman–Crippen MR) is 40.7 cm³/mol. The highest BCUT2D eigenvalue weighted by molar-refractivity contribution is 6.32. The number of nitro groups is 1. The van der Waals surface area contributed by atoms with Gasteiger partial charge in [-0.2, -0.15) is 0 Å². The molecule has 1 N–H and O–H groups in total. The first kappa shape index (κ1) is 7.52. The monoisotopic (exact) mass is 152 g/mol. The van der Waals surface area contributed by atoms with E-state index in [1.165, 1.54) is 12.3 Å². The van der Waals surface area contributed by atoms with Crippen molar-refractivity contribution in [3.63, 3.8) is 0 Å². The molecular weight excluding hydrogens is 147 g/mol. The lowest BCUT2D eigenvalue weighted by atomic mass is 9.99. The predicted octanol–water partition coefficient (Wildman–Crippen LogP) is -1.05. The quantitative estimate of drug-likeness (QED) is 0.316. The summed E-state index contributed by atoms with van der Waals surface area (Å²) in [4.78, 5) is 12.9. The number of pyridine rings is 1. The van der Waals surface area contributed by atoms with Gasteiger partial charge in [-0.05, 0) is 0 Å². The molecule has 1 rings (SSSR count). The summed E-state index contributed by atoms with van der Waals surface area (Å²) < 4.78 is 0. The third kappa shape index (κ3) is 1.46. The highest BCUT2D eigenvalue weighted by Gasteiger charge is 2.13. The van der Waals surface area contributed by atoms with Crippen LogP contribution in [0.4, 0.5) is 5.69 Å². The van der Waals surface area contributed by atoms with E-state index < -0.39 is 10.8 Å². The SMILES string of the molecule is Bc1cnc(O)c([N+](=O)[O-])c1. The van der Waals surface area contributed by atoms with E-state index in [0.717, 1.165) is 0 Å². The molecule has 56 valence electrons. The molecule has 1 heterocycles. The summed E-state index contributed by atoms with van der Waals surface area (Å²) in [5.41, 5.74) is 0.291. The van der Waals surface area contributed by atoms with Gasteiger partial charge in [0.25, 0.3) is 5.88 Å². The molecule has 0 aliphatic carbocycles. The van der Waals surface area contributed by atoms with Gasteiger partial charge in [0, 0.05) is 12.3 Å². The first-order chi connectivity index (χ1) is 5.11. The number of hydrogen-bond acceptors (Lipinski definition) is 4. The van der Waals surface area contributed by atoms with Crippen LogP contribution in [0, 0.1) is 10.1 Å². The van der Waals surface area contributed by atoms with E-state index in [9.17, 15) is 10.1 Å². The number of hydrogen-bond donors (Lipinski definition) is 1. The van der Waals surface area contributed by atoms with Crippen LogP contribution in [0.2, 0.25) is 0 Å². The Morgan fingerprint density at radius 2 is 2.36 bits per heavy atom. The molecule has 0 aliphatic heterocycles. The minimum atomic E-state index is -0.671. The second-order valence-electron chi connectivity index (χ2n) is 2.11. The summed E-state index contributed by atoms with van der Waals surface area (Å²) >= 11 is 0. The molecule has 0 aromatic carbocycles. The van der Waals surface area contributed by atoms with Gasteiger partial charge < -0.3 is 5.11 Å². The van der Waals surface area contributed by atoms with Gasteiger partial charge in [0.05, 0.1) is 4.92 Å². The van der Waals surface area contributed by atoms with Gasteiger partial charge in [-0.25, -0.2) is 4.98 Å². The molecule has 6 heteroatoms. The van der Waals surface area contributed by atoms with Crippen LogP contribution < -0.4 is 5.46 Å². The zero-order valence-electron chi connectivity index (χ0n) is 5.81. The van der Waals surface area contributed by atoms with Gasteiger partial charge in [-0.1, -0.05) is 5.46 Å². The van der Waals surface area contributed by atoms with E-state index in [4.69, 9.17) is 5.11 Å². The molecule has 0 fully saturated rings. The lowest BCUT2D eigenvalue weighted by Crippen LogP contribution is -2.04. The van der Waals surface area contributed by atoms with Crippen LogP contribution in [-0.2, 0) is 0 Å². The molecule has 0 spiro atoms. The van der Waals surface area contributed by atoms with Crippen LogP contribution in [0.1, 0.15) is 0 Å². The Hall–Kier alpha value is -1.59. The van der Waals surface area contributed by atoms with Gasteiger partial charge in [0.2, 0.25) is 0 Å². The van der Waals surface area contributed by atoms with Gasteiger partial charge in [-0.15, -0.1) is 0 Å². The lowest BCUT2D eigenvalue weighted by Gasteiger charge is -1.94. The summed E-state index contributed by atoms with van der Waals surface area (Å²) in [7, 11) is 1.67. The van der Waals surface area contributed by atoms with Crippen molar-refractivity contribution in [1.29, 1.82) is 0 Å². The molecule has 0 unspecified atom stereocenters. The van der Waals surface area contributed by atoms with Crippen molar-refractivity contribution >= 4 is 19.0 Å². The third-order valence-corrected chi connectivity index (χ3v) is 1.18. The standard InChI is InChI=1S/C5H5BN2O3/c6-3-1-4(8(10)11)5(9)7-2-3/h1-2H,6H2,(H,7,9). The fraction of sp³-hybridized carbons (Fsp3) is 0. The summed E-state index contributed by atoms with van der Waals surface area (Å²) in [6, 6.07) is 1.27. The van der Waals surface area contributed by atoms with E-state index in [0.29, 0.717) is 5.46 Å². The van der Waals surface area contributed by atoms with Crippen LogP contribution >= 0.6 is 0 Å². The molecule has 0 radical (unpaired) electrons. The van der Waals surface area contributed by atoms with E-state index in [2.05, 4.69) is 4.98 Å². The molecular formula is C5H5BN2O3. The Balaban J connectivity index is 3.23. The van der Waals surface area contributed by atoms with Gasteiger partial charge in [0.15, 0.2) is 0 Å². The second kappa shape index (κ2) is 2.57. The largest absolute Gasteiger partial charge is 0.488 e. The highest BCUT2D eigenvalue weighted by atomic mass is 16.6.